The molecule has 1 aromatic carbocycles. The van der Waals surface area contributed by atoms with Gasteiger partial charge in [-0.2, -0.15) is 0 Å². The fraction of sp³-hybridized carbons (Fsp3) is 0.632. The van der Waals surface area contributed by atoms with E-state index < -0.39 is 0 Å². The third kappa shape index (κ3) is 2.85. The first-order valence-electron chi connectivity index (χ1n) is 8.51. The normalized spacial score (nSPS) is 27.7. The number of carbonyl (C=O) groups excluding carboxylic acids is 1. The van der Waals surface area contributed by atoms with E-state index in [0.717, 1.165) is 31.5 Å². The third-order valence-electron chi connectivity index (χ3n) is 5.37. The number of Topliss-reactive ketones (excluding diaryl/α,β-unsaturated/α-hetero) is 1. The van der Waals surface area contributed by atoms with Crippen molar-refractivity contribution in [3.63, 3.8) is 0 Å². The second-order valence-electron chi connectivity index (χ2n) is 7.75. The van der Waals surface area contributed by atoms with Crippen LogP contribution in [0.3, 0.4) is 0 Å². The number of piperidine rings is 1. The van der Waals surface area contributed by atoms with Crippen molar-refractivity contribution in [3.05, 3.63) is 23.3 Å². The molecule has 2 atom stereocenters. The standard InChI is InChI=1S/C19H27NO3/c1-12(2)10-19(3)11-20-6-5-13-7-17(23-4)16(21)8-14(13)15(20)9-18(19)22/h7-8,12,15,21H,5-6,9-11H2,1-4H3. The Kier molecular flexibility index (Phi) is 4.13. The zero-order chi connectivity index (χ0) is 16.8. The number of ketones is 1. The van der Waals surface area contributed by atoms with Gasteiger partial charge < -0.3 is 9.84 Å². The molecule has 2 heterocycles. The van der Waals surface area contributed by atoms with E-state index in [1.165, 1.54) is 5.56 Å². The molecular formula is C19H27NO3. The molecule has 0 amide bonds. The first-order valence-corrected chi connectivity index (χ1v) is 8.51. The lowest BCUT2D eigenvalue weighted by molar-refractivity contribution is -0.137. The Hall–Kier alpha value is -1.55. The maximum absolute atomic E-state index is 12.8. The number of hydrogen-bond acceptors (Lipinski definition) is 4. The van der Waals surface area contributed by atoms with Crippen molar-refractivity contribution in [3.8, 4) is 11.5 Å². The van der Waals surface area contributed by atoms with E-state index in [2.05, 4.69) is 25.7 Å². The lowest BCUT2D eigenvalue weighted by Crippen LogP contribution is -2.51. The minimum absolute atomic E-state index is 0.100. The number of phenolic OH excluding ortho intramolecular Hbond substituents is 1. The van der Waals surface area contributed by atoms with Crippen LogP contribution in [0.2, 0.25) is 0 Å². The maximum atomic E-state index is 12.8. The number of hydrogen-bond donors (Lipinski definition) is 1. The highest BCUT2D eigenvalue weighted by Gasteiger charge is 2.45. The van der Waals surface area contributed by atoms with E-state index in [-0.39, 0.29) is 17.2 Å². The molecule has 0 bridgehead atoms. The number of fused-ring (bicyclic) bond motifs is 3. The van der Waals surface area contributed by atoms with Crippen molar-refractivity contribution < 1.29 is 14.6 Å². The van der Waals surface area contributed by atoms with Gasteiger partial charge in [0.15, 0.2) is 11.5 Å². The highest BCUT2D eigenvalue weighted by Crippen LogP contribution is 2.45. The number of aromatic hydroxyl groups is 1. The van der Waals surface area contributed by atoms with Crippen molar-refractivity contribution in [2.45, 2.75) is 46.1 Å². The average molecular weight is 317 g/mol. The lowest BCUT2D eigenvalue weighted by Gasteiger charge is -2.47. The summed E-state index contributed by atoms with van der Waals surface area (Å²) in [6, 6.07) is 3.82. The molecule has 0 aromatic heterocycles. The fourth-order valence-electron chi connectivity index (χ4n) is 4.40. The lowest BCUT2D eigenvalue weighted by atomic mass is 9.71. The van der Waals surface area contributed by atoms with Crippen LogP contribution in [0.1, 0.15) is 50.8 Å². The van der Waals surface area contributed by atoms with Crippen molar-refractivity contribution in [1.29, 1.82) is 0 Å². The third-order valence-corrected chi connectivity index (χ3v) is 5.37. The molecule has 2 aliphatic heterocycles. The van der Waals surface area contributed by atoms with E-state index >= 15 is 0 Å². The molecule has 2 aliphatic rings. The summed E-state index contributed by atoms with van der Waals surface area (Å²) >= 11 is 0. The van der Waals surface area contributed by atoms with Crippen LogP contribution >= 0.6 is 0 Å². The van der Waals surface area contributed by atoms with Crippen molar-refractivity contribution in [1.82, 2.24) is 4.90 Å². The topological polar surface area (TPSA) is 49.8 Å². The van der Waals surface area contributed by atoms with Crippen LogP contribution in [0.5, 0.6) is 11.5 Å². The van der Waals surface area contributed by atoms with Crippen LogP contribution in [-0.2, 0) is 11.2 Å². The largest absolute Gasteiger partial charge is 0.504 e. The number of ether oxygens (including phenoxy) is 1. The predicted molar refractivity (Wildman–Crippen MR) is 89.9 cm³/mol. The highest BCUT2D eigenvalue weighted by atomic mass is 16.5. The summed E-state index contributed by atoms with van der Waals surface area (Å²) in [5.74, 6) is 1.56. The Morgan fingerprint density at radius 3 is 2.83 bits per heavy atom. The summed E-state index contributed by atoms with van der Waals surface area (Å²) in [4.78, 5) is 15.2. The first-order chi connectivity index (χ1) is 10.8. The second-order valence-corrected chi connectivity index (χ2v) is 7.75. The van der Waals surface area contributed by atoms with E-state index in [9.17, 15) is 9.90 Å². The minimum atomic E-state index is -0.239. The Labute approximate surface area is 138 Å². The minimum Gasteiger partial charge on any atom is -0.504 e. The molecule has 23 heavy (non-hydrogen) atoms. The average Bonchev–Trinajstić information content (AvgIpc) is 2.47. The maximum Gasteiger partial charge on any atom is 0.160 e. The van der Waals surface area contributed by atoms with Crippen LogP contribution in [-0.4, -0.2) is 36.0 Å². The van der Waals surface area contributed by atoms with Crippen molar-refractivity contribution in [2.75, 3.05) is 20.2 Å². The number of methoxy groups -OCH3 is 1. The van der Waals surface area contributed by atoms with Crippen LogP contribution < -0.4 is 4.74 Å². The van der Waals surface area contributed by atoms with E-state index in [0.29, 0.717) is 23.9 Å². The molecule has 4 heteroatoms. The summed E-state index contributed by atoms with van der Waals surface area (Å²) in [6.07, 6.45) is 2.42. The molecular weight excluding hydrogens is 290 g/mol. The van der Waals surface area contributed by atoms with E-state index in [1.807, 2.05) is 6.07 Å². The van der Waals surface area contributed by atoms with Crippen molar-refractivity contribution in [2.24, 2.45) is 11.3 Å². The molecule has 0 saturated carbocycles. The summed E-state index contributed by atoms with van der Waals surface area (Å²) in [5.41, 5.74) is 2.05. The van der Waals surface area contributed by atoms with Crippen LogP contribution in [0.25, 0.3) is 0 Å². The Balaban J connectivity index is 1.91. The number of rotatable bonds is 3. The first kappa shape index (κ1) is 16.3. The Morgan fingerprint density at radius 1 is 1.43 bits per heavy atom. The molecule has 0 aliphatic carbocycles. The van der Waals surface area contributed by atoms with Gasteiger partial charge >= 0.3 is 0 Å². The van der Waals surface area contributed by atoms with Gasteiger partial charge in [-0.05, 0) is 42.0 Å². The zero-order valence-corrected chi connectivity index (χ0v) is 14.6. The van der Waals surface area contributed by atoms with Gasteiger partial charge in [-0.25, -0.2) is 0 Å². The van der Waals surface area contributed by atoms with Gasteiger partial charge in [0, 0.05) is 31.0 Å². The number of nitrogens with zero attached hydrogens (tertiary/aromatic N) is 1. The molecule has 126 valence electrons. The highest BCUT2D eigenvalue weighted by molar-refractivity contribution is 5.86. The van der Waals surface area contributed by atoms with Gasteiger partial charge in [0.05, 0.1) is 7.11 Å². The Morgan fingerprint density at radius 2 is 2.17 bits per heavy atom. The van der Waals surface area contributed by atoms with Gasteiger partial charge in [-0.1, -0.05) is 20.8 Å². The molecule has 3 rings (SSSR count). The van der Waals surface area contributed by atoms with Crippen LogP contribution in [0.4, 0.5) is 0 Å². The summed E-state index contributed by atoms with van der Waals surface area (Å²) in [7, 11) is 1.57. The van der Waals surface area contributed by atoms with Gasteiger partial charge in [0.1, 0.15) is 5.78 Å². The number of phenols is 1. The molecule has 1 fully saturated rings. The summed E-state index contributed by atoms with van der Waals surface area (Å²) in [6.45, 7) is 8.26. The predicted octanol–water partition coefficient (Wildman–Crippen LogP) is 3.33. The monoisotopic (exact) mass is 317 g/mol. The molecule has 1 aromatic rings. The zero-order valence-electron chi connectivity index (χ0n) is 14.6. The summed E-state index contributed by atoms with van der Waals surface area (Å²) in [5, 5.41) is 10.1. The van der Waals surface area contributed by atoms with Gasteiger partial charge in [-0.3, -0.25) is 9.69 Å². The molecule has 0 spiro atoms. The molecule has 1 N–H and O–H groups in total. The van der Waals surface area contributed by atoms with E-state index in [4.69, 9.17) is 4.74 Å². The van der Waals surface area contributed by atoms with Gasteiger partial charge in [-0.15, -0.1) is 0 Å². The SMILES string of the molecule is COc1cc2c(cc1O)C1CC(=O)C(C)(CC(C)C)CN1CC2. The molecule has 2 unspecified atom stereocenters. The van der Waals surface area contributed by atoms with Crippen molar-refractivity contribution >= 4 is 5.78 Å². The summed E-state index contributed by atoms with van der Waals surface area (Å²) < 4.78 is 5.21. The van der Waals surface area contributed by atoms with E-state index in [1.54, 1.807) is 13.2 Å². The molecule has 1 saturated heterocycles. The van der Waals surface area contributed by atoms with Gasteiger partial charge in [0.2, 0.25) is 0 Å². The smallest absolute Gasteiger partial charge is 0.160 e. The molecule has 0 radical (unpaired) electrons. The second kappa shape index (κ2) is 5.82. The number of carbonyl (C=O) groups is 1. The fourth-order valence-corrected chi connectivity index (χ4v) is 4.40. The van der Waals surface area contributed by atoms with Gasteiger partial charge in [0.25, 0.3) is 0 Å². The molecule has 4 nitrogen and oxygen atoms in total. The number of benzene rings is 1. The Bertz CT molecular complexity index is 625. The van der Waals surface area contributed by atoms with Crippen LogP contribution in [0, 0.1) is 11.3 Å². The van der Waals surface area contributed by atoms with Crippen LogP contribution in [0.15, 0.2) is 12.1 Å². The quantitative estimate of drug-likeness (QED) is 0.929.